The Kier molecular flexibility index (Phi) is 8.41. The molecule has 210 valence electrons. The van der Waals surface area contributed by atoms with Crippen LogP contribution in [0.25, 0.3) is 17.4 Å². The Balaban J connectivity index is 1.70. The number of phenols is 1. The SMILES string of the molecule is CCOC(=O)C1=C(C)N=c2s/c(=C\c3cc(I)c(O)c(I)c3)c(=O)n2[C@H]1c1ccc(-c2cc([N+](=O)[O-])ccc2Cl)o1. The number of nitro benzene ring substituents is 1. The summed E-state index contributed by atoms with van der Waals surface area (Å²) in [6.07, 6.45) is 1.70. The number of allylic oxidation sites excluding steroid dienone is 1. The number of aromatic nitrogens is 1. The average molecular weight is 818 g/mol. The molecule has 0 bridgehead atoms. The van der Waals surface area contributed by atoms with Gasteiger partial charge >= 0.3 is 5.97 Å². The molecule has 0 radical (unpaired) electrons. The first-order chi connectivity index (χ1) is 19.5. The van der Waals surface area contributed by atoms with Gasteiger partial charge in [-0.1, -0.05) is 22.9 Å². The number of fused-ring (bicyclic) bond motifs is 1. The van der Waals surface area contributed by atoms with Crippen LogP contribution in [0.1, 0.15) is 31.2 Å². The van der Waals surface area contributed by atoms with Crippen LogP contribution in [0.4, 0.5) is 5.69 Å². The van der Waals surface area contributed by atoms with Crippen LogP contribution in [-0.2, 0) is 9.53 Å². The van der Waals surface area contributed by atoms with Gasteiger partial charge in [0.25, 0.3) is 11.2 Å². The van der Waals surface area contributed by atoms with Crippen molar-refractivity contribution in [2.75, 3.05) is 6.61 Å². The number of halogens is 3. The summed E-state index contributed by atoms with van der Waals surface area (Å²) < 4.78 is 14.4. The maximum atomic E-state index is 13.8. The van der Waals surface area contributed by atoms with Crippen LogP contribution < -0.4 is 14.9 Å². The molecule has 4 aromatic rings. The van der Waals surface area contributed by atoms with E-state index in [4.69, 9.17) is 20.8 Å². The number of phenolic OH excluding ortho intramolecular Hbond substituents is 1. The second-order valence-electron chi connectivity index (χ2n) is 8.76. The first-order valence-electron chi connectivity index (χ1n) is 11.9. The van der Waals surface area contributed by atoms with E-state index in [0.717, 1.165) is 11.3 Å². The number of benzene rings is 2. The molecule has 1 aliphatic heterocycles. The van der Waals surface area contributed by atoms with E-state index in [9.17, 15) is 24.8 Å². The number of nitro groups is 1. The number of aromatic hydroxyl groups is 1. The summed E-state index contributed by atoms with van der Waals surface area (Å²) in [5.74, 6) is -0.0396. The number of ether oxygens (including phenoxy) is 1. The molecule has 1 N–H and O–H groups in total. The lowest BCUT2D eigenvalue weighted by Crippen LogP contribution is -2.39. The van der Waals surface area contributed by atoms with Crippen molar-refractivity contribution in [3.8, 4) is 17.1 Å². The molecule has 1 aliphatic rings. The molecule has 10 nitrogen and oxygen atoms in total. The third-order valence-electron chi connectivity index (χ3n) is 6.18. The molecule has 0 saturated heterocycles. The molecule has 2 aromatic heterocycles. The van der Waals surface area contributed by atoms with Gasteiger partial charge in [-0.15, -0.1) is 0 Å². The molecule has 41 heavy (non-hydrogen) atoms. The van der Waals surface area contributed by atoms with Crippen molar-refractivity contribution < 1.29 is 24.0 Å². The van der Waals surface area contributed by atoms with Crippen molar-refractivity contribution in [3.05, 3.63) is 107 Å². The first-order valence-corrected chi connectivity index (χ1v) is 15.3. The summed E-state index contributed by atoms with van der Waals surface area (Å²) in [7, 11) is 0. The third kappa shape index (κ3) is 5.59. The average Bonchev–Trinajstić information content (AvgIpc) is 3.51. The minimum absolute atomic E-state index is 0.109. The topological polar surface area (TPSA) is 137 Å². The predicted molar refractivity (Wildman–Crippen MR) is 170 cm³/mol. The van der Waals surface area contributed by atoms with Gasteiger partial charge in [-0.2, -0.15) is 0 Å². The molecule has 5 rings (SSSR count). The number of carbonyl (C=O) groups excluding carboxylic acids is 1. The Labute approximate surface area is 268 Å². The fourth-order valence-electron chi connectivity index (χ4n) is 4.34. The Hall–Kier alpha value is -3.02. The molecule has 0 aliphatic carbocycles. The molecular weight excluding hydrogens is 800 g/mol. The normalized spacial score (nSPS) is 15.0. The number of thiazole rings is 1. The van der Waals surface area contributed by atoms with Crippen molar-refractivity contribution in [2.45, 2.75) is 19.9 Å². The maximum Gasteiger partial charge on any atom is 0.338 e. The fraction of sp³-hybridized carbons (Fsp3) is 0.148. The zero-order valence-corrected chi connectivity index (χ0v) is 27.1. The van der Waals surface area contributed by atoms with E-state index >= 15 is 0 Å². The lowest BCUT2D eigenvalue weighted by atomic mass is 10.0. The fourth-order valence-corrected chi connectivity index (χ4v) is 7.41. The van der Waals surface area contributed by atoms with E-state index in [1.165, 1.54) is 22.8 Å². The smallest absolute Gasteiger partial charge is 0.338 e. The minimum atomic E-state index is -1.02. The molecular formula is C27H18ClI2N3O7S. The molecule has 2 aromatic carbocycles. The zero-order valence-electron chi connectivity index (χ0n) is 21.2. The van der Waals surface area contributed by atoms with Crippen molar-refractivity contribution in [1.82, 2.24) is 4.57 Å². The second-order valence-corrected chi connectivity index (χ2v) is 12.5. The van der Waals surface area contributed by atoms with Crippen LogP contribution in [0.2, 0.25) is 5.02 Å². The molecule has 1 atom stereocenters. The number of furan rings is 1. The van der Waals surface area contributed by atoms with Crippen LogP contribution >= 0.6 is 68.1 Å². The molecule has 3 heterocycles. The number of nitrogens with zero attached hydrogens (tertiary/aromatic N) is 3. The van der Waals surface area contributed by atoms with E-state index in [1.54, 1.807) is 44.2 Å². The number of hydrogen-bond acceptors (Lipinski definition) is 9. The lowest BCUT2D eigenvalue weighted by Gasteiger charge is -2.22. The third-order valence-corrected chi connectivity index (χ3v) is 9.13. The number of rotatable bonds is 6. The highest BCUT2D eigenvalue weighted by atomic mass is 127. The van der Waals surface area contributed by atoms with Crippen LogP contribution in [-0.4, -0.2) is 27.2 Å². The van der Waals surface area contributed by atoms with Gasteiger partial charge in [0.05, 0.1) is 39.5 Å². The summed E-state index contributed by atoms with van der Waals surface area (Å²) >= 11 is 11.5. The highest BCUT2D eigenvalue weighted by Crippen LogP contribution is 2.37. The van der Waals surface area contributed by atoms with Crippen molar-refractivity contribution in [3.63, 3.8) is 0 Å². The van der Waals surface area contributed by atoms with Gasteiger partial charge in [0.15, 0.2) is 4.80 Å². The highest BCUT2D eigenvalue weighted by molar-refractivity contribution is 14.1. The Morgan fingerprint density at radius 2 is 1.98 bits per heavy atom. The van der Waals surface area contributed by atoms with Gasteiger partial charge in [0.2, 0.25) is 0 Å². The molecule has 0 saturated carbocycles. The summed E-state index contributed by atoms with van der Waals surface area (Å²) in [5, 5.41) is 21.7. The first kappa shape index (κ1) is 29.5. The van der Waals surface area contributed by atoms with Crippen LogP contribution in [0.15, 0.2) is 67.9 Å². The summed E-state index contributed by atoms with van der Waals surface area (Å²) in [6, 6.07) is 9.65. The lowest BCUT2D eigenvalue weighted by molar-refractivity contribution is -0.384. The number of hydrogen-bond donors (Lipinski definition) is 1. The van der Waals surface area contributed by atoms with Gasteiger partial charge in [-0.25, -0.2) is 9.79 Å². The highest BCUT2D eigenvalue weighted by Gasteiger charge is 2.35. The molecule has 0 unspecified atom stereocenters. The minimum Gasteiger partial charge on any atom is -0.506 e. The van der Waals surface area contributed by atoms with Gasteiger partial charge in [0, 0.05) is 17.7 Å². The van der Waals surface area contributed by atoms with Crippen molar-refractivity contribution in [2.24, 2.45) is 4.99 Å². The summed E-state index contributed by atoms with van der Waals surface area (Å²) in [4.78, 5) is 42.7. The summed E-state index contributed by atoms with van der Waals surface area (Å²) in [6.45, 7) is 3.44. The maximum absolute atomic E-state index is 13.8. The van der Waals surface area contributed by atoms with Crippen LogP contribution in [0.5, 0.6) is 5.75 Å². The van der Waals surface area contributed by atoms with E-state index in [-0.39, 0.29) is 45.7 Å². The molecule has 0 spiro atoms. The Morgan fingerprint density at radius 1 is 1.27 bits per heavy atom. The van der Waals surface area contributed by atoms with E-state index < -0.39 is 22.5 Å². The van der Waals surface area contributed by atoms with Gasteiger partial charge in [0.1, 0.15) is 23.3 Å². The Morgan fingerprint density at radius 3 is 2.63 bits per heavy atom. The number of non-ortho nitro benzene ring substituents is 1. The van der Waals surface area contributed by atoms with E-state index in [0.29, 0.717) is 27.7 Å². The van der Waals surface area contributed by atoms with Gasteiger partial charge in [-0.3, -0.25) is 19.5 Å². The van der Waals surface area contributed by atoms with Crippen LogP contribution in [0, 0.1) is 17.3 Å². The van der Waals surface area contributed by atoms with Gasteiger partial charge in [-0.05, 0) is 101 Å². The monoisotopic (exact) mass is 817 g/mol. The standard InChI is InChI=1S/C27H18ClI2N3O7S/c1-3-39-26(36)22-12(2)31-27-32(25(35)21(41-27)10-13-8-17(29)24(34)18(30)9-13)23(22)20-7-6-19(40-20)15-11-14(33(37)38)4-5-16(15)28/h4-11,23,34H,3H2,1-2H3/b21-10-/t23-/m0/s1. The van der Waals surface area contributed by atoms with Gasteiger partial charge < -0.3 is 14.3 Å². The van der Waals surface area contributed by atoms with Crippen molar-refractivity contribution >= 4 is 85.9 Å². The largest absolute Gasteiger partial charge is 0.506 e. The molecule has 0 fully saturated rings. The van der Waals surface area contributed by atoms with Crippen LogP contribution in [0.3, 0.4) is 0 Å². The number of esters is 1. The molecule has 14 heteroatoms. The second kappa shape index (κ2) is 11.7. The predicted octanol–water partition coefficient (Wildman–Crippen LogP) is 5.53. The molecule has 0 amide bonds. The van der Waals surface area contributed by atoms with E-state index in [1.807, 2.05) is 45.2 Å². The zero-order chi connectivity index (χ0) is 29.6. The number of carbonyl (C=O) groups is 1. The quantitative estimate of drug-likeness (QED) is 0.117. The Bertz CT molecular complexity index is 1940. The summed E-state index contributed by atoms with van der Waals surface area (Å²) in [5.41, 5.74) is 0.913. The van der Waals surface area contributed by atoms with E-state index in [2.05, 4.69) is 4.99 Å². The van der Waals surface area contributed by atoms with Crippen molar-refractivity contribution in [1.29, 1.82) is 0 Å².